The molecule has 0 bridgehead atoms. The molecule has 0 saturated heterocycles. The van der Waals surface area contributed by atoms with Gasteiger partial charge in [0.15, 0.2) is 15.8 Å². The van der Waals surface area contributed by atoms with E-state index < -0.39 is 9.84 Å². The number of hydrogen-bond donors (Lipinski definition) is 2. The number of aliphatic imine (C=N–C) groups is 1. The molecule has 2 aromatic rings. The van der Waals surface area contributed by atoms with E-state index in [4.69, 9.17) is 5.73 Å². The van der Waals surface area contributed by atoms with Crippen molar-refractivity contribution < 1.29 is 8.42 Å². The number of rotatable bonds is 5. The standard InChI is InChI=1S/C16H20N4O2S/c1-3-12-6-8-13(9-7-12)20-16(17)19-11-14-15(23(2,21)22)5-4-10-18-14/h4-10H,3,11H2,1-2H3,(H3,17,19,20). The molecular formula is C16H20N4O2S. The molecule has 0 aliphatic rings. The Morgan fingerprint density at radius 3 is 2.57 bits per heavy atom. The van der Waals surface area contributed by atoms with Gasteiger partial charge in [-0.15, -0.1) is 0 Å². The Kier molecular flexibility index (Phi) is 5.33. The lowest BCUT2D eigenvalue weighted by Gasteiger charge is -2.07. The lowest BCUT2D eigenvalue weighted by atomic mass is 10.1. The Morgan fingerprint density at radius 2 is 1.96 bits per heavy atom. The van der Waals surface area contributed by atoms with E-state index in [0.29, 0.717) is 5.69 Å². The van der Waals surface area contributed by atoms with Crippen molar-refractivity contribution in [3.05, 3.63) is 53.9 Å². The third kappa shape index (κ3) is 4.79. The number of hydrogen-bond acceptors (Lipinski definition) is 4. The van der Waals surface area contributed by atoms with Crippen LogP contribution in [0.25, 0.3) is 0 Å². The Bertz CT molecular complexity index is 799. The molecule has 0 aliphatic heterocycles. The van der Waals surface area contributed by atoms with Gasteiger partial charge in [0.25, 0.3) is 0 Å². The molecule has 0 atom stereocenters. The molecule has 2 rings (SSSR count). The molecule has 0 unspecified atom stereocenters. The summed E-state index contributed by atoms with van der Waals surface area (Å²) in [6.07, 6.45) is 3.65. The minimum Gasteiger partial charge on any atom is -0.370 e. The van der Waals surface area contributed by atoms with Crippen LogP contribution in [0.3, 0.4) is 0 Å². The predicted molar refractivity (Wildman–Crippen MR) is 92.1 cm³/mol. The summed E-state index contributed by atoms with van der Waals surface area (Å²) in [7, 11) is -3.34. The fourth-order valence-electron chi connectivity index (χ4n) is 2.05. The fraction of sp³-hybridized carbons (Fsp3) is 0.250. The number of pyridine rings is 1. The van der Waals surface area contributed by atoms with Crippen molar-refractivity contribution in [3.63, 3.8) is 0 Å². The zero-order valence-electron chi connectivity index (χ0n) is 13.2. The van der Waals surface area contributed by atoms with Gasteiger partial charge in [-0.25, -0.2) is 13.4 Å². The summed E-state index contributed by atoms with van der Waals surface area (Å²) in [5.74, 6) is 0.208. The molecule has 7 heteroatoms. The van der Waals surface area contributed by atoms with Crippen LogP contribution >= 0.6 is 0 Å². The Balaban J connectivity index is 2.10. The minimum atomic E-state index is -3.34. The van der Waals surface area contributed by atoms with Gasteiger partial charge in [-0.05, 0) is 36.2 Å². The van der Waals surface area contributed by atoms with Gasteiger partial charge >= 0.3 is 0 Å². The van der Waals surface area contributed by atoms with Crippen LogP contribution in [0.4, 0.5) is 5.69 Å². The van der Waals surface area contributed by atoms with E-state index in [-0.39, 0.29) is 17.4 Å². The predicted octanol–water partition coefficient (Wildman–Crippen LogP) is 1.97. The molecule has 0 spiro atoms. The molecule has 0 amide bonds. The molecule has 1 aromatic carbocycles. The van der Waals surface area contributed by atoms with Gasteiger partial charge in [0.1, 0.15) is 0 Å². The maximum absolute atomic E-state index is 11.7. The number of benzene rings is 1. The van der Waals surface area contributed by atoms with E-state index in [1.54, 1.807) is 6.07 Å². The summed E-state index contributed by atoms with van der Waals surface area (Å²) in [5, 5.41) is 2.97. The quantitative estimate of drug-likeness (QED) is 0.644. The van der Waals surface area contributed by atoms with Crippen molar-refractivity contribution in [3.8, 4) is 0 Å². The lowest BCUT2D eigenvalue weighted by molar-refractivity contribution is 0.600. The third-order valence-corrected chi connectivity index (χ3v) is 4.45. The molecule has 23 heavy (non-hydrogen) atoms. The maximum Gasteiger partial charge on any atom is 0.193 e. The van der Waals surface area contributed by atoms with Gasteiger partial charge in [0, 0.05) is 18.1 Å². The molecule has 1 aromatic heterocycles. The van der Waals surface area contributed by atoms with Crippen molar-refractivity contribution in [1.82, 2.24) is 4.98 Å². The van der Waals surface area contributed by atoms with Crippen molar-refractivity contribution in [2.45, 2.75) is 24.8 Å². The second kappa shape index (κ2) is 7.23. The van der Waals surface area contributed by atoms with Crippen LogP contribution in [-0.2, 0) is 22.8 Å². The van der Waals surface area contributed by atoms with Crippen molar-refractivity contribution >= 4 is 21.5 Å². The monoisotopic (exact) mass is 332 g/mol. The number of nitrogens with two attached hydrogens (primary N) is 1. The summed E-state index contributed by atoms with van der Waals surface area (Å²) in [4.78, 5) is 8.41. The first-order valence-corrected chi connectivity index (χ1v) is 9.09. The number of guanidine groups is 1. The molecule has 0 aliphatic carbocycles. The van der Waals surface area contributed by atoms with Gasteiger partial charge in [-0.3, -0.25) is 4.98 Å². The highest BCUT2D eigenvalue weighted by molar-refractivity contribution is 7.90. The van der Waals surface area contributed by atoms with Crippen LogP contribution in [-0.4, -0.2) is 25.6 Å². The number of nitrogens with zero attached hydrogens (tertiary/aromatic N) is 2. The summed E-state index contributed by atoms with van der Waals surface area (Å²) in [5.41, 5.74) is 8.28. The van der Waals surface area contributed by atoms with Crippen molar-refractivity contribution in [2.75, 3.05) is 11.6 Å². The number of sulfone groups is 1. The molecular weight excluding hydrogens is 312 g/mol. The first-order chi connectivity index (χ1) is 10.9. The van der Waals surface area contributed by atoms with Gasteiger partial charge in [0.2, 0.25) is 0 Å². The first-order valence-electron chi connectivity index (χ1n) is 7.20. The zero-order valence-corrected chi connectivity index (χ0v) is 14.0. The summed E-state index contributed by atoms with van der Waals surface area (Å²) < 4.78 is 23.4. The van der Waals surface area contributed by atoms with E-state index >= 15 is 0 Å². The van der Waals surface area contributed by atoms with Gasteiger partial charge < -0.3 is 11.1 Å². The Hall–Kier alpha value is -2.41. The minimum absolute atomic E-state index is 0.0924. The average molecular weight is 332 g/mol. The fourth-order valence-corrected chi connectivity index (χ4v) is 2.92. The maximum atomic E-state index is 11.7. The van der Waals surface area contributed by atoms with Crippen LogP contribution in [0.2, 0.25) is 0 Å². The number of aromatic nitrogens is 1. The topological polar surface area (TPSA) is 97.4 Å². The second-order valence-corrected chi connectivity index (χ2v) is 7.08. The van der Waals surface area contributed by atoms with Crippen LogP contribution in [0.1, 0.15) is 18.2 Å². The van der Waals surface area contributed by atoms with Crippen LogP contribution in [0, 0.1) is 0 Å². The van der Waals surface area contributed by atoms with E-state index in [1.165, 1.54) is 17.8 Å². The van der Waals surface area contributed by atoms with E-state index in [1.807, 2.05) is 24.3 Å². The van der Waals surface area contributed by atoms with Crippen molar-refractivity contribution in [2.24, 2.45) is 10.7 Å². The highest BCUT2D eigenvalue weighted by Gasteiger charge is 2.13. The second-order valence-electron chi connectivity index (χ2n) is 5.10. The van der Waals surface area contributed by atoms with Gasteiger partial charge in [-0.2, -0.15) is 0 Å². The molecule has 0 radical (unpaired) electrons. The Morgan fingerprint density at radius 1 is 1.26 bits per heavy atom. The van der Waals surface area contributed by atoms with Gasteiger partial charge in [-0.1, -0.05) is 19.1 Å². The SMILES string of the molecule is CCc1ccc(NC(N)=NCc2ncccc2S(C)(=O)=O)cc1. The molecule has 1 heterocycles. The summed E-state index contributed by atoms with van der Waals surface area (Å²) in [6, 6.07) is 11.0. The van der Waals surface area contributed by atoms with Crippen LogP contribution in [0.15, 0.2) is 52.5 Å². The normalized spacial score (nSPS) is 12.2. The number of aryl methyl sites for hydroxylation is 1. The van der Waals surface area contributed by atoms with Crippen LogP contribution in [0.5, 0.6) is 0 Å². The molecule has 0 fully saturated rings. The number of nitrogens with one attached hydrogen (secondary N) is 1. The van der Waals surface area contributed by atoms with E-state index in [0.717, 1.165) is 18.4 Å². The molecule has 122 valence electrons. The molecule has 0 saturated carbocycles. The highest BCUT2D eigenvalue weighted by Crippen LogP contribution is 2.14. The van der Waals surface area contributed by atoms with E-state index in [9.17, 15) is 8.42 Å². The van der Waals surface area contributed by atoms with Crippen LogP contribution < -0.4 is 11.1 Å². The van der Waals surface area contributed by atoms with E-state index in [2.05, 4.69) is 22.2 Å². The number of anilines is 1. The largest absolute Gasteiger partial charge is 0.370 e. The molecule has 6 nitrogen and oxygen atoms in total. The smallest absolute Gasteiger partial charge is 0.193 e. The Labute approximate surface area is 136 Å². The summed E-state index contributed by atoms with van der Waals surface area (Å²) >= 11 is 0. The highest BCUT2D eigenvalue weighted by atomic mass is 32.2. The van der Waals surface area contributed by atoms with Gasteiger partial charge in [0.05, 0.1) is 17.1 Å². The first kappa shape index (κ1) is 17.0. The lowest BCUT2D eigenvalue weighted by Crippen LogP contribution is -2.22. The van der Waals surface area contributed by atoms with Crippen molar-refractivity contribution in [1.29, 1.82) is 0 Å². The third-order valence-electron chi connectivity index (χ3n) is 3.28. The average Bonchev–Trinajstić information content (AvgIpc) is 2.53. The summed E-state index contributed by atoms with van der Waals surface area (Å²) in [6.45, 7) is 2.18. The molecule has 3 N–H and O–H groups in total. The zero-order chi connectivity index (χ0) is 16.9.